The normalized spacial score (nSPS) is 10.2. The van der Waals surface area contributed by atoms with Crippen LogP contribution < -0.4 is 0 Å². The summed E-state index contributed by atoms with van der Waals surface area (Å²) in [7, 11) is 0. The van der Waals surface area contributed by atoms with Crippen LogP contribution in [0.15, 0.2) is 24.3 Å². The Bertz CT molecular complexity index is 474. The standard InChI is InChI=1S/C11H10N2/c1-3-11-12-9-7-5-6-8-10(9)13(11)4-2/h1,5-8H,4H2,2H3. The number of fused-ring (bicyclic) bond motifs is 1. The molecule has 0 saturated carbocycles. The lowest BCUT2D eigenvalue weighted by molar-refractivity contribution is 0.775. The molecule has 2 heteroatoms. The van der Waals surface area contributed by atoms with E-state index in [0.29, 0.717) is 5.82 Å². The molecule has 0 atom stereocenters. The second-order valence-corrected chi connectivity index (χ2v) is 2.81. The summed E-state index contributed by atoms with van der Waals surface area (Å²) in [5.41, 5.74) is 2.08. The highest BCUT2D eigenvalue weighted by Gasteiger charge is 2.05. The first kappa shape index (κ1) is 7.88. The van der Waals surface area contributed by atoms with Gasteiger partial charge in [-0.05, 0) is 25.0 Å². The summed E-state index contributed by atoms with van der Waals surface area (Å²) in [4.78, 5) is 4.33. The smallest absolute Gasteiger partial charge is 0.186 e. The molecule has 0 N–H and O–H groups in total. The Hall–Kier alpha value is -1.75. The molecule has 0 spiro atoms. The van der Waals surface area contributed by atoms with Crippen molar-refractivity contribution in [2.45, 2.75) is 13.5 Å². The molecule has 13 heavy (non-hydrogen) atoms. The summed E-state index contributed by atoms with van der Waals surface area (Å²) < 4.78 is 2.04. The largest absolute Gasteiger partial charge is 0.318 e. The van der Waals surface area contributed by atoms with Gasteiger partial charge in [0.25, 0.3) is 0 Å². The highest BCUT2D eigenvalue weighted by Crippen LogP contribution is 2.14. The maximum Gasteiger partial charge on any atom is 0.186 e. The van der Waals surface area contributed by atoms with Crippen molar-refractivity contribution in [3.63, 3.8) is 0 Å². The highest BCUT2D eigenvalue weighted by molar-refractivity contribution is 5.76. The van der Waals surface area contributed by atoms with E-state index in [1.54, 1.807) is 0 Å². The summed E-state index contributed by atoms with van der Waals surface area (Å²) >= 11 is 0. The molecular weight excluding hydrogens is 160 g/mol. The van der Waals surface area contributed by atoms with Crippen LogP contribution in [-0.4, -0.2) is 9.55 Å². The van der Waals surface area contributed by atoms with Crippen molar-refractivity contribution in [3.05, 3.63) is 30.1 Å². The third-order valence-electron chi connectivity index (χ3n) is 2.10. The van der Waals surface area contributed by atoms with Crippen molar-refractivity contribution >= 4 is 11.0 Å². The van der Waals surface area contributed by atoms with Gasteiger partial charge in [-0.3, -0.25) is 0 Å². The van der Waals surface area contributed by atoms with Gasteiger partial charge in [-0.2, -0.15) is 0 Å². The van der Waals surface area contributed by atoms with E-state index < -0.39 is 0 Å². The van der Waals surface area contributed by atoms with Crippen molar-refractivity contribution in [1.29, 1.82) is 0 Å². The molecule has 1 aromatic heterocycles. The summed E-state index contributed by atoms with van der Waals surface area (Å²) in [6.07, 6.45) is 5.36. The van der Waals surface area contributed by atoms with E-state index in [-0.39, 0.29) is 0 Å². The van der Waals surface area contributed by atoms with Gasteiger partial charge in [0.2, 0.25) is 0 Å². The van der Waals surface area contributed by atoms with Crippen LogP contribution in [0.4, 0.5) is 0 Å². The number of rotatable bonds is 1. The molecule has 2 rings (SSSR count). The fraction of sp³-hybridized carbons (Fsp3) is 0.182. The maximum atomic E-state index is 5.36. The molecule has 0 radical (unpaired) electrons. The van der Waals surface area contributed by atoms with E-state index in [1.807, 2.05) is 28.8 Å². The SMILES string of the molecule is C#Cc1nc2ccccc2n1CC. The van der Waals surface area contributed by atoms with E-state index in [2.05, 4.69) is 17.8 Å². The Balaban J connectivity index is 2.83. The van der Waals surface area contributed by atoms with Gasteiger partial charge in [0.05, 0.1) is 11.0 Å². The molecule has 0 saturated heterocycles. The predicted octanol–water partition coefficient (Wildman–Crippen LogP) is 2.04. The number of benzene rings is 1. The van der Waals surface area contributed by atoms with Crippen molar-refractivity contribution in [1.82, 2.24) is 9.55 Å². The lowest BCUT2D eigenvalue weighted by Gasteiger charge is -1.99. The van der Waals surface area contributed by atoms with Crippen LogP contribution in [0.5, 0.6) is 0 Å². The Kier molecular flexibility index (Phi) is 1.79. The monoisotopic (exact) mass is 170 g/mol. The second kappa shape index (κ2) is 2.95. The van der Waals surface area contributed by atoms with E-state index in [4.69, 9.17) is 6.42 Å². The van der Waals surface area contributed by atoms with Crippen molar-refractivity contribution < 1.29 is 0 Å². The van der Waals surface area contributed by atoms with Crippen molar-refractivity contribution in [2.75, 3.05) is 0 Å². The first-order chi connectivity index (χ1) is 6.36. The van der Waals surface area contributed by atoms with Crippen LogP contribution in [0.25, 0.3) is 11.0 Å². The zero-order valence-electron chi connectivity index (χ0n) is 7.49. The molecule has 0 aliphatic carbocycles. The Morgan fingerprint density at radius 1 is 1.46 bits per heavy atom. The maximum absolute atomic E-state index is 5.36. The van der Waals surface area contributed by atoms with Crippen LogP contribution in [0.1, 0.15) is 12.7 Å². The first-order valence-corrected chi connectivity index (χ1v) is 4.28. The minimum Gasteiger partial charge on any atom is -0.318 e. The number of hydrogen-bond acceptors (Lipinski definition) is 1. The Morgan fingerprint density at radius 3 is 2.92 bits per heavy atom. The molecule has 1 aromatic carbocycles. The zero-order chi connectivity index (χ0) is 9.26. The molecular formula is C11H10N2. The van der Waals surface area contributed by atoms with Gasteiger partial charge in [-0.25, -0.2) is 4.98 Å². The lowest BCUT2D eigenvalue weighted by atomic mass is 10.3. The summed E-state index contributed by atoms with van der Waals surface area (Å²) in [5, 5.41) is 0. The van der Waals surface area contributed by atoms with Gasteiger partial charge >= 0.3 is 0 Å². The van der Waals surface area contributed by atoms with Crippen LogP contribution in [-0.2, 0) is 6.54 Å². The molecule has 0 aliphatic rings. The van der Waals surface area contributed by atoms with Crippen LogP contribution in [0.2, 0.25) is 0 Å². The van der Waals surface area contributed by atoms with Gasteiger partial charge in [0, 0.05) is 6.54 Å². The summed E-state index contributed by atoms with van der Waals surface area (Å²) in [6.45, 7) is 2.93. The molecule has 0 aliphatic heterocycles. The average molecular weight is 170 g/mol. The molecule has 64 valence electrons. The summed E-state index contributed by atoms with van der Waals surface area (Å²) in [5.74, 6) is 3.30. The summed E-state index contributed by atoms with van der Waals surface area (Å²) in [6, 6.07) is 7.97. The van der Waals surface area contributed by atoms with E-state index >= 15 is 0 Å². The molecule has 0 bridgehead atoms. The number of aromatic nitrogens is 2. The molecule has 0 fully saturated rings. The third-order valence-corrected chi connectivity index (χ3v) is 2.10. The van der Waals surface area contributed by atoms with E-state index in [9.17, 15) is 0 Å². The number of nitrogens with zero attached hydrogens (tertiary/aromatic N) is 2. The van der Waals surface area contributed by atoms with Gasteiger partial charge in [0.1, 0.15) is 0 Å². The molecule has 2 aromatic rings. The van der Waals surface area contributed by atoms with Gasteiger partial charge in [-0.15, -0.1) is 6.42 Å². The van der Waals surface area contributed by atoms with Gasteiger partial charge < -0.3 is 4.57 Å². The van der Waals surface area contributed by atoms with Gasteiger partial charge in [0.15, 0.2) is 5.82 Å². The molecule has 1 heterocycles. The molecule has 0 amide bonds. The average Bonchev–Trinajstić information content (AvgIpc) is 2.55. The number of para-hydroxylation sites is 2. The first-order valence-electron chi connectivity index (χ1n) is 4.28. The van der Waals surface area contributed by atoms with Gasteiger partial charge in [-0.1, -0.05) is 12.1 Å². The number of hydrogen-bond donors (Lipinski definition) is 0. The van der Waals surface area contributed by atoms with Crippen molar-refractivity contribution in [2.24, 2.45) is 0 Å². The van der Waals surface area contributed by atoms with Crippen LogP contribution in [0, 0.1) is 12.3 Å². The Morgan fingerprint density at radius 2 is 2.23 bits per heavy atom. The number of imidazole rings is 1. The fourth-order valence-corrected chi connectivity index (χ4v) is 1.51. The Labute approximate surface area is 77.2 Å². The van der Waals surface area contributed by atoms with E-state index in [1.165, 1.54) is 0 Å². The quantitative estimate of drug-likeness (QED) is 0.599. The minimum atomic E-state index is 0.712. The second-order valence-electron chi connectivity index (χ2n) is 2.81. The number of terminal acetylenes is 1. The molecule has 0 unspecified atom stereocenters. The number of aryl methyl sites for hydroxylation is 1. The topological polar surface area (TPSA) is 17.8 Å². The van der Waals surface area contributed by atoms with E-state index in [0.717, 1.165) is 17.6 Å². The van der Waals surface area contributed by atoms with Crippen molar-refractivity contribution in [3.8, 4) is 12.3 Å². The minimum absolute atomic E-state index is 0.712. The third kappa shape index (κ3) is 1.09. The van der Waals surface area contributed by atoms with Crippen LogP contribution in [0.3, 0.4) is 0 Å². The molecule has 2 nitrogen and oxygen atoms in total. The highest BCUT2D eigenvalue weighted by atomic mass is 15.1. The zero-order valence-corrected chi connectivity index (χ0v) is 7.49. The lowest BCUT2D eigenvalue weighted by Crippen LogP contribution is -1.96. The van der Waals surface area contributed by atoms with Crippen LogP contribution >= 0.6 is 0 Å². The fourth-order valence-electron chi connectivity index (χ4n) is 1.51. The predicted molar refractivity (Wildman–Crippen MR) is 53.3 cm³/mol.